The molecule has 2 rings (SSSR count). The lowest BCUT2D eigenvalue weighted by Gasteiger charge is -2.04. The Hall–Kier alpha value is -2.28. The van der Waals surface area contributed by atoms with Crippen LogP contribution in [-0.4, -0.2) is 27.7 Å². The second-order valence-corrected chi connectivity index (χ2v) is 4.67. The molecule has 0 atom stereocenters. The third-order valence-electron chi connectivity index (χ3n) is 2.66. The number of benzene rings is 1. The summed E-state index contributed by atoms with van der Waals surface area (Å²) in [5, 5.41) is 21.8. The van der Waals surface area contributed by atoms with Gasteiger partial charge in [-0.15, -0.1) is 10.2 Å². The fourth-order valence-corrected chi connectivity index (χ4v) is 1.69. The van der Waals surface area contributed by atoms with E-state index in [4.69, 9.17) is 4.42 Å². The quantitative estimate of drug-likeness (QED) is 0.642. The van der Waals surface area contributed by atoms with Crippen LogP contribution >= 0.6 is 0 Å². The maximum Gasteiger partial charge on any atom is 0.270 e. The number of aromatic nitrogens is 2. The molecule has 0 saturated carbocycles. The van der Waals surface area contributed by atoms with Gasteiger partial charge in [-0.25, -0.2) is 0 Å². The van der Waals surface area contributed by atoms with E-state index in [9.17, 15) is 10.1 Å². The van der Waals surface area contributed by atoms with Crippen LogP contribution in [0.2, 0.25) is 0 Å². The number of nitro benzene ring substituents is 1. The first-order valence-electron chi connectivity index (χ1n) is 6.37. The Bertz CT molecular complexity index is 595. The summed E-state index contributed by atoms with van der Waals surface area (Å²) in [7, 11) is 0. The predicted octanol–water partition coefficient (Wildman–Crippen LogP) is 2.19. The molecule has 0 aliphatic carbocycles. The third-order valence-corrected chi connectivity index (χ3v) is 2.66. The van der Waals surface area contributed by atoms with Gasteiger partial charge in [-0.3, -0.25) is 10.1 Å². The Balaban J connectivity index is 2.08. The van der Waals surface area contributed by atoms with Gasteiger partial charge in [-0.2, -0.15) is 0 Å². The molecular formula is C13H16N4O3. The van der Waals surface area contributed by atoms with Gasteiger partial charge in [-0.1, -0.05) is 19.9 Å². The van der Waals surface area contributed by atoms with Crippen LogP contribution in [-0.2, 0) is 6.42 Å². The number of nitrogens with one attached hydrogen (secondary N) is 1. The number of hydrogen-bond acceptors (Lipinski definition) is 6. The lowest BCUT2D eigenvalue weighted by Crippen LogP contribution is -2.25. The zero-order valence-corrected chi connectivity index (χ0v) is 11.4. The van der Waals surface area contributed by atoms with Crippen molar-refractivity contribution >= 4 is 5.69 Å². The van der Waals surface area contributed by atoms with Gasteiger partial charge in [0.2, 0.25) is 11.8 Å². The van der Waals surface area contributed by atoms with Crippen molar-refractivity contribution < 1.29 is 9.34 Å². The van der Waals surface area contributed by atoms with Crippen LogP contribution in [0.15, 0.2) is 28.7 Å². The number of rotatable bonds is 6. The van der Waals surface area contributed by atoms with Crippen molar-refractivity contribution in [2.45, 2.75) is 26.3 Å². The zero-order chi connectivity index (χ0) is 14.5. The summed E-state index contributed by atoms with van der Waals surface area (Å²) < 4.78 is 5.50. The molecule has 106 valence electrons. The van der Waals surface area contributed by atoms with Gasteiger partial charge in [0.15, 0.2) is 0 Å². The second-order valence-electron chi connectivity index (χ2n) is 4.67. The first-order valence-corrected chi connectivity index (χ1v) is 6.37. The average Bonchev–Trinajstić information content (AvgIpc) is 2.87. The van der Waals surface area contributed by atoms with Crippen molar-refractivity contribution in [3.8, 4) is 11.5 Å². The smallest absolute Gasteiger partial charge is 0.270 e. The van der Waals surface area contributed by atoms with Crippen LogP contribution in [0.25, 0.3) is 11.5 Å². The van der Waals surface area contributed by atoms with Crippen LogP contribution in [0.1, 0.15) is 19.7 Å². The van der Waals surface area contributed by atoms with E-state index in [1.807, 2.05) is 0 Å². The van der Waals surface area contributed by atoms with Crippen molar-refractivity contribution in [3.63, 3.8) is 0 Å². The Morgan fingerprint density at radius 1 is 1.40 bits per heavy atom. The number of nitro groups is 1. The summed E-state index contributed by atoms with van der Waals surface area (Å²) in [5.74, 6) is 0.813. The van der Waals surface area contributed by atoms with E-state index in [0.29, 0.717) is 29.8 Å². The molecule has 0 amide bonds. The Morgan fingerprint density at radius 3 is 2.90 bits per heavy atom. The van der Waals surface area contributed by atoms with Gasteiger partial charge >= 0.3 is 0 Å². The molecule has 7 heteroatoms. The Kier molecular flexibility index (Phi) is 4.41. The van der Waals surface area contributed by atoms with Crippen molar-refractivity contribution in [3.05, 3.63) is 40.3 Å². The molecule has 0 radical (unpaired) electrons. The number of nitrogens with zero attached hydrogens (tertiary/aromatic N) is 3. The molecule has 1 N–H and O–H groups in total. The maximum atomic E-state index is 10.7. The highest BCUT2D eigenvalue weighted by atomic mass is 16.6. The summed E-state index contributed by atoms with van der Waals surface area (Å²) in [6.07, 6.45) is 0.625. The van der Waals surface area contributed by atoms with Gasteiger partial charge in [0, 0.05) is 36.7 Å². The molecule has 20 heavy (non-hydrogen) atoms. The van der Waals surface area contributed by atoms with Gasteiger partial charge in [-0.05, 0) is 6.07 Å². The van der Waals surface area contributed by atoms with Crippen molar-refractivity contribution in [2.75, 3.05) is 6.54 Å². The van der Waals surface area contributed by atoms with Crippen molar-refractivity contribution in [1.82, 2.24) is 15.5 Å². The largest absolute Gasteiger partial charge is 0.421 e. The van der Waals surface area contributed by atoms with Crippen molar-refractivity contribution in [2.24, 2.45) is 0 Å². The zero-order valence-electron chi connectivity index (χ0n) is 11.4. The summed E-state index contributed by atoms with van der Waals surface area (Å²) in [6, 6.07) is 6.54. The summed E-state index contributed by atoms with van der Waals surface area (Å²) in [4.78, 5) is 10.3. The van der Waals surface area contributed by atoms with Gasteiger partial charge in [0.25, 0.3) is 5.69 Å². The minimum Gasteiger partial charge on any atom is -0.421 e. The second kappa shape index (κ2) is 6.25. The van der Waals surface area contributed by atoms with E-state index in [1.54, 1.807) is 12.1 Å². The summed E-state index contributed by atoms with van der Waals surface area (Å²) in [5.41, 5.74) is 0.554. The highest BCUT2D eigenvalue weighted by molar-refractivity contribution is 5.57. The van der Waals surface area contributed by atoms with Crippen LogP contribution in [0, 0.1) is 10.1 Å². The van der Waals surface area contributed by atoms with Gasteiger partial charge in [0.05, 0.1) is 4.92 Å². The first kappa shape index (κ1) is 14.1. The monoisotopic (exact) mass is 276 g/mol. The minimum atomic E-state index is -0.451. The predicted molar refractivity (Wildman–Crippen MR) is 73.2 cm³/mol. The first-order chi connectivity index (χ1) is 9.56. The van der Waals surface area contributed by atoms with Crippen LogP contribution in [0.3, 0.4) is 0 Å². The number of hydrogen-bond donors (Lipinski definition) is 1. The van der Waals surface area contributed by atoms with Gasteiger partial charge in [0.1, 0.15) is 0 Å². The molecule has 0 saturated heterocycles. The molecule has 2 aromatic rings. The Labute approximate surface area is 116 Å². The van der Waals surface area contributed by atoms with E-state index < -0.39 is 4.92 Å². The summed E-state index contributed by atoms with van der Waals surface area (Å²) >= 11 is 0. The normalized spacial score (nSPS) is 10.9. The van der Waals surface area contributed by atoms with Crippen LogP contribution < -0.4 is 5.32 Å². The van der Waals surface area contributed by atoms with E-state index in [-0.39, 0.29) is 5.69 Å². The number of non-ortho nitro benzene ring substituents is 1. The van der Waals surface area contributed by atoms with E-state index >= 15 is 0 Å². The van der Waals surface area contributed by atoms with Crippen LogP contribution in [0.5, 0.6) is 0 Å². The molecule has 0 spiro atoms. The maximum absolute atomic E-state index is 10.7. The lowest BCUT2D eigenvalue weighted by molar-refractivity contribution is -0.384. The van der Waals surface area contributed by atoms with Crippen molar-refractivity contribution in [1.29, 1.82) is 0 Å². The molecule has 0 aliphatic heterocycles. The molecule has 0 unspecified atom stereocenters. The Morgan fingerprint density at radius 2 is 2.20 bits per heavy atom. The van der Waals surface area contributed by atoms with E-state index in [1.165, 1.54) is 12.1 Å². The molecular weight excluding hydrogens is 260 g/mol. The standard InChI is InChI=1S/C13H16N4O3/c1-9(2)14-7-6-12-15-16-13(20-12)10-4-3-5-11(8-10)17(18)19/h3-5,8-9,14H,6-7H2,1-2H3. The fraction of sp³-hybridized carbons (Fsp3) is 0.385. The molecule has 0 bridgehead atoms. The van der Waals surface area contributed by atoms with Crippen LogP contribution in [0.4, 0.5) is 5.69 Å². The van der Waals surface area contributed by atoms with E-state index in [0.717, 1.165) is 6.54 Å². The topological polar surface area (TPSA) is 94.1 Å². The molecule has 0 aliphatic rings. The highest BCUT2D eigenvalue weighted by Crippen LogP contribution is 2.22. The minimum absolute atomic E-state index is 0.00345. The highest BCUT2D eigenvalue weighted by Gasteiger charge is 2.12. The molecule has 1 aromatic carbocycles. The van der Waals surface area contributed by atoms with Gasteiger partial charge < -0.3 is 9.73 Å². The molecule has 1 heterocycles. The molecule has 0 fully saturated rings. The third kappa shape index (κ3) is 3.61. The fourth-order valence-electron chi connectivity index (χ4n) is 1.69. The SMILES string of the molecule is CC(C)NCCc1nnc(-c2cccc([N+](=O)[O-])c2)o1. The summed E-state index contributed by atoms with van der Waals surface area (Å²) in [6.45, 7) is 4.86. The average molecular weight is 276 g/mol. The molecule has 7 nitrogen and oxygen atoms in total. The molecule has 1 aromatic heterocycles. The van der Waals surface area contributed by atoms with E-state index in [2.05, 4.69) is 29.4 Å². The lowest BCUT2D eigenvalue weighted by atomic mass is 10.2.